The number of carbonyl (C=O) groups excluding carboxylic acids is 1. The molecular formula is C37H38N4O4S. The summed E-state index contributed by atoms with van der Waals surface area (Å²) in [5, 5.41) is 1.07. The smallest absolute Gasteiger partial charge is 0.271 e. The fourth-order valence-corrected chi connectivity index (χ4v) is 7.39. The maximum Gasteiger partial charge on any atom is 0.271 e. The summed E-state index contributed by atoms with van der Waals surface area (Å²) in [5.74, 6) is 0.999. The van der Waals surface area contributed by atoms with Crippen molar-refractivity contribution in [3.63, 3.8) is 0 Å². The van der Waals surface area contributed by atoms with Crippen molar-refractivity contribution in [2.45, 2.75) is 40.3 Å². The van der Waals surface area contributed by atoms with Crippen molar-refractivity contribution >= 4 is 34.2 Å². The van der Waals surface area contributed by atoms with Gasteiger partial charge in [-0.2, -0.15) is 0 Å². The van der Waals surface area contributed by atoms with E-state index >= 15 is 0 Å². The second-order valence-electron chi connectivity index (χ2n) is 11.3. The highest BCUT2D eigenvalue weighted by Crippen LogP contribution is 2.38. The number of likely N-dealkylation sites (N-methyl/N-ethyl adjacent to an activating group) is 1. The number of benzene rings is 3. The number of carbonyl (C=O) groups is 1. The number of methoxy groups -OCH3 is 2. The van der Waals surface area contributed by atoms with E-state index < -0.39 is 6.04 Å². The van der Waals surface area contributed by atoms with Crippen LogP contribution >= 0.6 is 11.3 Å². The molecule has 1 aliphatic heterocycles. The van der Waals surface area contributed by atoms with Crippen LogP contribution in [0.15, 0.2) is 93.9 Å². The van der Waals surface area contributed by atoms with Gasteiger partial charge in [-0.1, -0.05) is 59.9 Å². The van der Waals surface area contributed by atoms with Crippen LogP contribution in [0.1, 0.15) is 49.2 Å². The average molecular weight is 635 g/mol. The predicted octanol–water partition coefficient (Wildman–Crippen LogP) is 5.43. The van der Waals surface area contributed by atoms with Gasteiger partial charge in [-0.05, 0) is 63.6 Å². The van der Waals surface area contributed by atoms with Gasteiger partial charge < -0.3 is 18.9 Å². The number of para-hydroxylation sites is 1. The molecule has 5 aromatic rings. The van der Waals surface area contributed by atoms with Crippen LogP contribution in [0.25, 0.3) is 17.0 Å². The van der Waals surface area contributed by atoms with Crippen LogP contribution in [0.3, 0.4) is 0 Å². The Labute approximate surface area is 272 Å². The van der Waals surface area contributed by atoms with E-state index in [2.05, 4.69) is 35.8 Å². The number of amides is 1. The molecule has 0 bridgehead atoms. The van der Waals surface area contributed by atoms with Crippen LogP contribution in [0.4, 0.5) is 0 Å². The molecule has 0 unspecified atom stereocenters. The van der Waals surface area contributed by atoms with Gasteiger partial charge in [0.25, 0.3) is 11.5 Å². The molecule has 0 saturated carbocycles. The minimum Gasteiger partial charge on any atom is -0.497 e. The molecule has 1 atom stereocenters. The quantitative estimate of drug-likeness (QED) is 0.217. The van der Waals surface area contributed by atoms with E-state index in [1.807, 2.05) is 75.4 Å². The third-order valence-corrected chi connectivity index (χ3v) is 9.76. The molecule has 46 heavy (non-hydrogen) atoms. The number of rotatable bonds is 9. The van der Waals surface area contributed by atoms with E-state index in [4.69, 9.17) is 14.5 Å². The van der Waals surface area contributed by atoms with Crippen molar-refractivity contribution in [3.05, 3.63) is 126 Å². The molecule has 8 nitrogen and oxygen atoms in total. The maximum atomic E-state index is 14.5. The van der Waals surface area contributed by atoms with Gasteiger partial charge in [0, 0.05) is 47.4 Å². The van der Waals surface area contributed by atoms with Crippen LogP contribution in [0.5, 0.6) is 11.5 Å². The minimum atomic E-state index is -0.753. The molecular weight excluding hydrogens is 596 g/mol. The number of hydrogen-bond acceptors (Lipinski definition) is 6. The molecule has 0 fully saturated rings. The Hall–Kier alpha value is -4.89. The van der Waals surface area contributed by atoms with Gasteiger partial charge >= 0.3 is 0 Å². The third-order valence-electron chi connectivity index (χ3n) is 8.77. The molecule has 0 spiro atoms. The zero-order valence-electron chi connectivity index (χ0n) is 27.0. The van der Waals surface area contributed by atoms with Gasteiger partial charge in [0.2, 0.25) is 0 Å². The summed E-state index contributed by atoms with van der Waals surface area (Å²) in [5.41, 5.74) is 5.83. The minimum absolute atomic E-state index is 0.157. The van der Waals surface area contributed by atoms with Gasteiger partial charge in [0.1, 0.15) is 17.5 Å². The van der Waals surface area contributed by atoms with Gasteiger partial charge in [-0.3, -0.25) is 14.2 Å². The topological polar surface area (TPSA) is 78.1 Å². The summed E-state index contributed by atoms with van der Waals surface area (Å²) in [4.78, 5) is 35.8. The lowest BCUT2D eigenvalue weighted by atomic mass is 9.93. The summed E-state index contributed by atoms with van der Waals surface area (Å²) >= 11 is 1.33. The Bertz CT molecular complexity index is 2150. The fourth-order valence-electron chi connectivity index (χ4n) is 6.36. The third kappa shape index (κ3) is 5.34. The molecule has 3 aromatic carbocycles. The van der Waals surface area contributed by atoms with Crippen molar-refractivity contribution in [1.29, 1.82) is 0 Å². The maximum absolute atomic E-state index is 14.5. The zero-order valence-corrected chi connectivity index (χ0v) is 27.9. The molecule has 2 aromatic heterocycles. The molecule has 236 valence electrons. The Morgan fingerprint density at radius 1 is 0.978 bits per heavy atom. The van der Waals surface area contributed by atoms with Crippen LogP contribution < -0.4 is 24.4 Å². The number of hydrogen-bond donors (Lipinski definition) is 0. The Morgan fingerprint density at radius 2 is 1.70 bits per heavy atom. The standard InChI is InChI=1S/C37H38N4O4S/c1-7-39(8-2)36(43)33-23(3)38-37-41(34(33)29-20-26(44-5)18-19-31(29)45-6)35(42)32(46-37)21-28-24(4)40(22-25-14-10-9-11-15-25)30-17-13-12-16-27(28)30/h9-21,34H,7-8,22H2,1-6H3/b32-21+/t34-/m0/s1. The highest BCUT2D eigenvalue weighted by atomic mass is 32.1. The normalized spacial score (nSPS) is 14.7. The second kappa shape index (κ2) is 12.8. The van der Waals surface area contributed by atoms with E-state index in [9.17, 15) is 9.59 Å². The largest absolute Gasteiger partial charge is 0.497 e. The molecule has 9 heteroatoms. The first-order chi connectivity index (χ1) is 22.3. The first-order valence-electron chi connectivity index (χ1n) is 15.5. The number of ether oxygens (including phenoxy) is 2. The fraction of sp³-hybridized carbons (Fsp3) is 0.270. The summed E-state index contributed by atoms with van der Waals surface area (Å²) in [6.07, 6.45) is 1.98. The first kappa shape index (κ1) is 31.1. The summed E-state index contributed by atoms with van der Waals surface area (Å²) in [6, 6.07) is 23.4. The van der Waals surface area contributed by atoms with Crippen LogP contribution in [-0.2, 0) is 11.3 Å². The molecule has 1 aliphatic rings. The van der Waals surface area contributed by atoms with Crippen molar-refractivity contribution in [2.75, 3.05) is 27.3 Å². The highest BCUT2D eigenvalue weighted by Gasteiger charge is 2.36. The lowest BCUT2D eigenvalue weighted by Crippen LogP contribution is -2.43. The van der Waals surface area contributed by atoms with Crippen molar-refractivity contribution < 1.29 is 14.3 Å². The van der Waals surface area contributed by atoms with Gasteiger partial charge in [-0.25, -0.2) is 4.99 Å². The average Bonchev–Trinajstić information content (AvgIpc) is 3.52. The van der Waals surface area contributed by atoms with Gasteiger partial charge in [0.15, 0.2) is 4.80 Å². The van der Waals surface area contributed by atoms with Gasteiger partial charge in [0.05, 0.1) is 30.0 Å². The van der Waals surface area contributed by atoms with Gasteiger partial charge in [-0.15, -0.1) is 0 Å². The lowest BCUT2D eigenvalue weighted by molar-refractivity contribution is -0.127. The molecule has 6 rings (SSSR count). The number of thiazole rings is 1. The first-order valence-corrected chi connectivity index (χ1v) is 16.3. The van der Waals surface area contributed by atoms with Crippen LogP contribution in [-0.4, -0.2) is 47.3 Å². The molecule has 0 N–H and O–H groups in total. The number of nitrogens with zero attached hydrogens (tertiary/aromatic N) is 4. The Balaban J connectivity index is 1.59. The predicted molar refractivity (Wildman–Crippen MR) is 183 cm³/mol. The lowest BCUT2D eigenvalue weighted by Gasteiger charge is -2.30. The number of aromatic nitrogens is 2. The molecule has 0 saturated heterocycles. The molecule has 0 aliphatic carbocycles. The van der Waals surface area contributed by atoms with E-state index in [0.717, 1.165) is 22.2 Å². The number of fused-ring (bicyclic) bond motifs is 2. The Kier molecular flexibility index (Phi) is 8.69. The van der Waals surface area contributed by atoms with E-state index in [1.165, 1.54) is 16.9 Å². The Morgan fingerprint density at radius 3 is 2.39 bits per heavy atom. The van der Waals surface area contributed by atoms with E-state index in [1.54, 1.807) is 23.7 Å². The van der Waals surface area contributed by atoms with Crippen molar-refractivity contribution in [2.24, 2.45) is 4.99 Å². The molecule has 0 radical (unpaired) electrons. The van der Waals surface area contributed by atoms with E-state index in [-0.39, 0.29) is 11.5 Å². The zero-order chi connectivity index (χ0) is 32.5. The highest BCUT2D eigenvalue weighted by molar-refractivity contribution is 7.07. The number of allylic oxidation sites excluding steroid dienone is 1. The molecule has 1 amide bonds. The van der Waals surface area contributed by atoms with E-state index in [0.29, 0.717) is 57.3 Å². The van der Waals surface area contributed by atoms with Crippen LogP contribution in [0.2, 0.25) is 0 Å². The summed E-state index contributed by atoms with van der Waals surface area (Å²) < 4.78 is 15.9. The SMILES string of the molecule is CCN(CC)C(=O)C1=C(C)N=c2s/c(=C/c3c(C)n(Cc4ccccc4)c4ccccc34)c(=O)n2[C@H]1c1cc(OC)ccc1OC. The summed E-state index contributed by atoms with van der Waals surface area (Å²) in [6.45, 7) is 9.62. The summed E-state index contributed by atoms with van der Waals surface area (Å²) in [7, 11) is 3.18. The molecule has 3 heterocycles. The monoisotopic (exact) mass is 634 g/mol. The van der Waals surface area contributed by atoms with Crippen LogP contribution in [0, 0.1) is 6.92 Å². The second-order valence-corrected chi connectivity index (χ2v) is 12.3. The van der Waals surface area contributed by atoms with Crippen molar-refractivity contribution in [3.8, 4) is 11.5 Å². The van der Waals surface area contributed by atoms with Crippen molar-refractivity contribution in [1.82, 2.24) is 14.0 Å².